The van der Waals surface area contributed by atoms with E-state index >= 15 is 0 Å². The number of nitrogens with one attached hydrogen (secondary N) is 1. The molecule has 0 aliphatic carbocycles. The van der Waals surface area contributed by atoms with Gasteiger partial charge >= 0.3 is 0 Å². The lowest BCUT2D eigenvalue weighted by Crippen LogP contribution is -2.33. The molecule has 0 spiro atoms. The summed E-state index contributed by atoms with van der Waals surface area (Å²) in [6.07, 6.45) is 0.911. The zero-order chi connectivity index (χ0) is 16.1. The topological polar surface area (TPSA) is 68.0 Å². The summed E-state index contributed by atoms with van der Waals surface area (Å²) in [5.74, 6) is 0.733. The minimum absolute atomic E-state index is 0.0229. The highest BCUT2D eigenvalue weighted by Crippen LogP contribution is 2.24. The van der Waals surface area contributed by atoms with Gasteiger partial charge in [0.2, 0.25) is 11.8 Å². The molecule has 1 atom stereocenters. The lowest BCUT2D eigenvalue weighted by atomic mass is 10.1. The third-order valence-corrected chi connectivity index (χ3v) is 4.33. The van der Waals surface area contributed by atoms with Crippen molar-refractivity contribution in [3.05, 3.63) is 29.3 Å². The Morgan fingerprint density at radius 1 is 1.32 bits per heavy atom. The van der Waals surface area contributed by atoms with Crippen LogP contribution in [0.15, 0.2) is 27.8 Å². The van der Waals surface area contributed by atoms with Gasteiger partial charge in [0.05, 0.1) is 5.75 Å². The van der Waals surface area contributed by atoms with Crippen molar-refractivity contribution in [3.8, 4) is 11.5 Å². The van der Waals surface area contributed by atoms with Gasteiger partial charge in [-0.25, -0.2) is 0 Å². The minimum atomic E-state index is -0.0229. The summed E-state index contributed by atoms with van der Waals surface area (Å²) in [5, 5.41) is 11.3. The molecule has 6 heteroatoms. The smallest absolute Gasteiger partial charge is 0.277 e. The van der Waals surface area contributed by atoms with Crippen LogP contribution in [-0.2, 0) is 4.79 Å². The van der Waals surface area contributed by atoms with E-state index < -0.39 is 0 Å². The highest BCUT2D eigenvalue weighted by atomic mass is 32.2. The predicted octanol–water partition coefficient (Wildman–Crippen LogP) is 3.36. The van der Waals surface area contributed by atoms with Crippen LogP contribution in [0.4, 0.5) is 0 Å². The molecule has 0 bridgehead atoms. The number of carbonyl (C=O) groups excluding carboxylic acids is 1. The number of rotatable bonds is 6. The standard InChI is InChI=1S/C16H21N3O2S/c1-5-12(4)17-14(20)9-22-16-19-18-15(21-16)13-7-6-10(2)11(3)8-13/h6-8,12H,5,9H2,1-4H3,(H,17,20). The second-order valence-corrected chi connectivity index (χ2v) is 6.26. The fraction of sp³-hybridized carbons (Fsp3) is 0.438. The molecule has 0 saturated carbocycles. The van der Waals surface area contributed by atoms with Gasteiger partial charge in [0.25, 0.3) is 5.22 Å². The Labute approximate surface area is 134 Å². The predicted molar refractivity (Wildman–Crippen MR) is 87.8 cm³/mol. The van der Waals surface area contributed by atoms with Gasteiger partial charge in [-0.3, -0.25) is 4.79 Å². The second kappa shape index (κ2) is 7.45. The van der Waals surface area contributed by atoms with E-state index in [0.29, 0.717) is 11.1 Å². The summed E-state index contributed by atoms with van der Waals surface area (Å²) in [6.45, 7) is 8.12. The number of aryl methyl sites for hydroxylation is 2. The van der Waals surface area contributed by atoms with Crippen LogP contribution < -0.4 is 5.32 Å². The Kier molecular flexibility index (Phi) is 5.60. The zero-order valence-electron chi connectivity index (χ0n) is 13.3. The van der Waals surface area contributed by atoms with Gasteiger partial charge in [-0.2, -0.15) is 0 Å². The first kappa shape index (κ1) is 16.5. The van der Waals surface area contributed by atoms with Crippen molar-refractivity contribution in [3.63, 3.8) is 0 Å². The number of hydrogen-bond acceptors (Lipinski definition) is 5. The van der Waals surface area contributed by atoms with E-state index in [1.807, 2.05) is 39.0 Å². The maximum absolute atomic E-state index is 11.7. The molecule has 0 fully saturated rings. The van der Waals surface area contributed by atoms with Crippen LogP contribution in [0.5, 0.6) is 0 Å². The van der Waals surface area contributed by atoms with Crippen molar-refractivity contribution in [2.24, 2.45) is 0 Å². The number of hydrogen-bond donors (Lipinski definition) is 1. The molecule has 118 valence electrons. The molecule has 0 saturated heterocycles. The molecule has 1 aromatic heterocycles. The van der Waals surface area contributed by atoms with Crippen molar-refractivity contribution in [1.29, 1.82) is 0 Å². The normalized spacial score (nSPS) is 12.2. The summed E-state index contributed by atoms with van der Waals surface area (Å²) in [6, 6.07) is 6.19. The molecule has 5 nitrogen and oxygen atoms in total. The third-order valence-electron chi connectivity index (χ3n) is 3.51. The molecule has 0 aliphatic heterocycles. The number of amides is 1. The largest absolute Gasteiger partial charge is 0.411 e. The molecular weight excluding hydrogens is 298 g/mol. The first-order valence-corrected chi connectivity index (χ1v) is 8.31. The lowest BCUT2D eigenvalue weighted by molar-refractivity contribution is -0.119. The first-order valence-electron chi connectivity index (χ1n) is 7.33. The van der Waals surface area contributed by atoms with E-state index in [9.17, 15) is 4.79 Å². The third kappa shape index (κ3) is 4.34. The molecular formula is C16H21N3O2S. The first-order chi connectivity index (χ1) is 10.5. The van der Waals surface area contributed by atoms with Crippen LogP contribution in [0.3, 0.4) is 0 Å². The van der Waals surface area contributed by atoms with E-state index in [2.05, 4.69) is 22.4 Å². The van der Waals surface area contributed by atoms with Crippen LogP contribution in [0.2, 0.25) is 0 Å². The SMILES string of the molecule is CCC(C)NC(=O)CSc1nnc(-c2ccc(C)c(C)c2)o1. The minimum Gasteiger partial charge on any atom is -0.411 e. The fourth-order valence-electron chi connectivity index (χ4n) is 1.81. The highest BCUT2D eigenvalue weighted by molar-refractivity contribution is 7.99. The zero-order valence-corrected chi connectivity index (χ0v) is 14.2. The number of thioether (sulfide) groups is 1. The van der Waals surface area contributed by atoms with Crippen molar-refractivity contribution in [2.75, 3.05) is 5.75 Å². The Balaban J connectivity index is 1.96. The highest BCUT2D eigenvalue weighted by Gasteiger charge is 2.12. The van der Waals surface area contributed by atoms with Gasteiger partial charge in [-0.05, 0) is 50.5 Å². The maximum atomic E-state index is 11.7. The average molecular weight is 319 g/mol. The number of benzene rings is 1. The van der Waals surface area contributed by atoms with Crippen molar-refractivity contribution in [1.82, 2.24) is 15.5 Å². The quantitative estimate of drug-likeness (QED) is 0.827. The molecule has 1 heterocycles. The number of carbonyl (C=O) groups is 1. The van der Waals surface area contributed by atoms with Gasteiger partial charge in [-0.1, -0.05) is 24.8 Å². The van der Waals surface area contributed by atoms with Gasteiger partial charge in [0.1, 0.15) is 0 Å². The van der Waals surface area contributed by atoms with Gasteiger partial charge in [0.15, 0.2) is 0 Å². The monoisotopic (exact) mass is 319 g/mol. The van der Waals surface area contributed by atoms with Crippen LogP contribution in [0.1, 0.15) is 31.4 Å². The van der Waals surface area contributed by atoms with E-state index in [4.69, 9.17) is 4.42 Å². The van der Waals surface area contributed by atoms with E-state index in [1.165, 1.54) is 22.9 Å². The Bertz CT molecular complexity index is 655. The molecule has 2 aromatic rings. The van der Waals surface area contributed by atoms with Crippen molar-refractivity contribution < 1.29 is 9.21 Å². The molecule has 22 heavy (non-hydrogen) atoms. The lowest BCUT2D eigenvalue weighted by Gasteiger charge is -2.09. The molecule has 1 aromatic carbocycles. The van der Waals surface area contributed by atoms with E-state index in [1.54, 1.807) is 0 Å². The molecule has 1 amide bonds. The molecule has 2 rings (SSSR count). The van der Waals surface area contributed by atoms with E-state index in [-0.39, 0.29) is 17.7 Å². The summed E-state index contributed by atoms with van der Waals surface area (Å²) >= 11 is 1.25. The van der Waals surface area contributed by atoms with Gasteiger partial charge in [-0.15, -0.1) is 10.2 Å². The molecule has 1 unspecified atom stereocenters. The Morgan fingerprint density at radius 3 is 2.77 bits per heavy atom. The van der Waals surface area contributed by atoms with E-state index in [0.717, 1.165) is 12.0 Å². The summed E-state index contributed by atoms with van der Waals surface area (Å²) in [4.78, 5) is 11.7. The fourth-order valence-corrected chi connectivity index (χ4v) is 2.38. The van der Waals surface area contributed by atoms with Crippen molar-refractivity contribution >= 4 is 17.7 Å². The van der Waals surface area contributed by atoms with Crippen LogP contribution >= 0.6 is 11.8 Å². The molecule has 1 N–H and O–H groups in total. The van der Waals surface area contributed by atoms with Gasteiger partial charge < -0.3 is 9.73 Å². The van der Waals surface area contributed by atoms with Gasteiger partial charge in [0, 0.05) is 11.6 Å². The Morgan fingerprint density at radius 2 is 2.09 bits per heavy atom. The average Bonchev–Trinajstić information content (AvgIpc) is 2.96. The summed E-state index contributed by atoms with van der Waals surface area (Å²) in [7, 11) is 0. The maximum Gasteiger partial charge on any atom is 0.277 e. The van der Waals surface area contributed by atoms with Crippen LogP contribution in [0.25, 0.3) is 11.5 Å². The second-order valence-electron chi connectivity index (χ2n) is 5.34. The summed E-state index contributed by atoms with van der Waals surface area (Å²) in [5.41, 5.74) is 3.30. The van der Waals surface area contributed by atoms with Crippen LogP contribution in [0, 0.1) is 13.8 Å². The van der Waals surface area contributed by atoms with Crippen LogP contribution in [-0.4, -0.2) is 27.9 Å². The number of nitrogens with zero attached hydrogens (tertiary/aromatic N) is 2. The Hall–Kier alpha value is -1.82. The van der Waals surface area contributed by atoms with Crippen molar-refractivity contribution in [2.45, 2.75) is 45.4 Å². The number of aromatic nitrogens is 2. The summed E-state index contributed by atoms with van der Waals surface area (Å²) < 4.78 is 5.61. The molecule has 0 radical (unpaired) electrons. The molecule has 0 aliphatic rings.